The standard InChI is InChI=1S/C16H23BrN2O/c1-11(2)10-19(12-6-3-4-7-12)16(20)13-8-5-9-14(18)15(13)17/h5,8-9,11-12H,3-4,6-7,10,18H2,1-2H3. The summed E-state index contributed by atoms with van der Waals surface area (Å²) >= 11 is 3.45. The van der Waals surface area contributed by atoms with E-state index >= 15 is 0 Å². The molecule has 1 amide bonds. The van der Waals surface area contributed by atoms with Crippen LogP contribution < -0.4 is 5.73 Å². The molecule has 0 aliphatic heterocycles. The summed E-state index contributed by atoms with van der Waals surface area (Å²) < 4.78 is 0.719. The van der Waals surface area contributed by atoms with Crippen LogP contribution in [0, 0.1) is 5.92 Å². The molecule has 0 saturated heterocycles. The first-order chi connectivity index (χ1) is 9.50. The van der Waals surface area contributed by atoms with Gasteiger partial charge in [-0.25, -0.2) is 0 Å². The van der Waals surface area contributed by atoms with E-state index < -0.39 is 0 Å². The molecule has 1 aromatic carbocycles. The Kier molecular flexibility index (Phi) is 5.08. The normalized spacial score (nSPS) is 15.8. The zero-order chi connectivity index (χ0) is 14.7. The van der Waals surface area contributed by atoms with E-state index in [1.807, 2.05) is 18.2 Å². The minimum Gasteiger partial charge on any atom is -0.398 e. The van der Waals surface area contributed by atoms with Crippen molar-refractivity contribution in [2.45, 2.75) is 45.6 Å². The summed E-state index contributed by atoms with van der Waals surface area (Å²) in [7, 11) is 0. The van der Waals surface area contributed by atoms with Gasteiger partial charge in [0.2, 0.25) is 0 Å². The van der Waals surface area contributed by atoms with Gasteiger partial charge in [-0.15, -0.1) is 0 Å². The SMILES string of the molecule is CC(C)CN(C(=O)c1cccc(N)c1Br)C1CCCC1. The quantitative estimate of drug-likeness (QED) is 0.841. The third kappa shape index (κ3) is 3.35. The maximum Gasteiger partial charge on any atom is 0.255 e. The van der Waals surface area contributed by atoms with Gasteiger partial charge in [0, 0.05) is 18.3 Å². The lowest BCUT2D eigenvalue weighted by molar-refractivity contribution is 0.0654. The van der Waals surface area contributed by atoms with Gasteiger partial charge < -0.3 is 10.6 Å². The van der Waals surface area contributed by atoms with Crippen molar-refractivity contribution in [2.24, 2.45) is 5.92 Å². The highest BCUT2D eigenvalue weighted by molar-refractivity contribution is 9.10. The Morgan fingerprint density at radius 1 is 1.40 bits per heavy atom. The number of halogens is 1. The number of anilines is 1. The highest BCUT2D eigenvalue weighted by Crippen LogP contribution is 2.29. The Morgan fingerprint density at radius 3 is 2.65 bits per heavy atom. The lowest BCUT2D eigenvalue weighted by Gasteiger charge is -2.31. The number of hydrogen-bond donors (Lipinski definition) is 1. The predicted octanol–water partition coefficient (Wildman–Crippen LogP) is 4.07. The Morgan fingerprint density at radius 2 is 2.05 bits per heavy atom. The first kappa shape index (κ1) is 15.4. The molecule has 0 unspecified atom stereocenters. The summed E-state index contributed by atoms with van der Waals surface area (Å²) in [6.07, 6.45) is 4.70. The van der Waals surface area contributed by atoms with Crippen molar-refractivity contribution in [2.75, 3.05) is 12.3 Å². The van der Waals surface area contributed by atoms with Gasteiger partial charge >= 0.3 is 0 Å². The Hall–Kier alpha value is -1.03. The minimum absolute atomic E-state index is 0.102. The lowest BCUT2D eigenvalue weighted by Crippen LogP contribution is -2.41. The summed E-state index contributed by atoms with van der Waals surface area (Å²) in [6.45, 7) is 5.12. The summed E-state index contributed by atoms with van der Waals surface area (Å²) in [4.78, 5) is 14.9. The van der Waals surface area contributed by atoms with Gasteiger partial charge in [-0.3, -0.25) is 4.79 Å². The van der Waals surface area contributed by atoms with E-state index in [4.69, 9.17) is 5.73 Å². The van der Waals surface area contributed by atoms with E-state index in [1.54, 1.807) is 0 Å². The van der Waals surface area contributed by atoms with Crippen molar-refractivity contribution in [1.82, 2.24) is 4.90 Å². The number of hydrogen-bond acceptors (Lipinski definition) is 2. The molecule has 0 atom stereocenters. The fourth-order valence-electron chi connectivity index (χ4n) is 2.88. The largest absolute Gasteiger partial charge is 0.398 e. The van der Waals surface area contributed by atoms with E-state index in [9.17, 15) is 4.79 Å². The van der Waals surface area contributed by atoms with E-state index in [2.05, 4.69) is 34.7 Å². The molecule has 0 heterocycles. The van der Waals surface area contributed by atoms with Crippen LogP contribution >= 0.6 is 15.9 Å². The van der Waals surface area contributed by atoms with Crippen molar-refractivity contribution in [3.63, 3.8) is 0 Å². The Labute approximate surface area is 129 Å². The number of nitrogens with zero attached hydrogens (tertiary/aromatic N) is 1. The molecule has 1 saturated carbocycles. The predicted molar refractivity (Wildman–Crippen MR) is 86.7 cm³/mol. The summed E-state index contributed by atoms with van der Waals surface area (Å²) in [5, 5.41) is 0. The number of carbonyl (C=O) groups is 1. The molecule has 0 aromatic heterocycles. The zero-order valence-corrected chi connectivity index (χ0v) is 13.8. The summed E-state index contributed by atoms with van der Waals surface area (Å²) in [5.74, 6) is 0.573. The molecule has 110 valence electrons. The van der Waals surface area contributed by atoms with Crippen molar-refractivity contribution >= 4 is 27.5 Å². The molecule has 0 radical (unpaired) electrons. The van der Waals surface area contributed by atoms with Crippen molar-refractivity contribution in [3.05, 3.63) is 28.2 Å². The molecule has 20 heavy (non-hydrogen) atoms. The fraction of sp³-hybridized carbons (Fsp3) is 0.562. The Bertz CT molecular complexity index is 481. The number of amides is 1. The van der Waals surface area contributed by atoms with Crippen LogP contribution in [-0.2, 0) is 0 Å². The van der Waals surface area contributed by atoms with Crippen LogP contribution in [0.3, 0.4) is 0 Å². The molecule has 1 fully saturated rings. The number of nitrogens with two attached hydrogens (primary N) is 1. The molecule has 4 heteroatoms. The molecule has 2 rings (SSSR count). The van der Waals surface area contributed by atoms with Crippen LogP contribution in [0.2, 0.25) is 0 Å². The molecule has 2 N–H and O–H groups in total. The van der Waals surface area contributed by atoms with Crippen LogP contribution in [0.4, 0.5) is 5.69 Å². The molecule has 3 nitrogen and oxygen atoms in total. The van der Waals surface area contributed by atoms with Gasteiger partial charge in [0.15, 0.2) is 0 Å². The van der Waals surface area contributed by atoms with Gasteiger partial charge in [0.1, 0.15) is 0 Å². The number of carbonyl (C=O) groups excluding carboxylic acids is 1. The number of nitrogen functional groups attached to an aromatic ring is 1. The lowest BCUT2D eigenvalue weighted by atomic mass is 10.1. The van der Waals surface area contributed by atoms with E-state index in [0.717, 1.165) is 23.9 Å². The van der Waals surface area contributed by atoms with Gasteiger partial charge in [-0.05, 0) is 46.8 Å². The maximum absolute atomic E-state index is 12.9. The monoisotopic (exact) mass is 338 g/mol. The molecule has 0 bridgehead atoms. The van der Waals surface area contributed by atoms with E-state index in [1.165, 1.54) is 12.8 Å². The Balaban J connectivity index is 2.27. The second-order valence-electron chi connectivity index (χ2n) is 6.00. The first-order valence-corrected chi connectivity index (χ1v) is 8.15. The second-order valence-corrected chi connectivity index (χ2v) is 6.79. The highest BCUT2D eigenvalue weighted by Gasteiger charge is 2.29. The van der Waals surface area contributed by atoms with Gasteiger partial charge in [0.05, 0.1) is 10.0 Å². The van der Waals surface area contributed by atoms with Crippen LogP contribution in [0.15, 0.2) is 22.7 Å². The first-order valence-electron chi connectivity index (χ1n) is 7.35. The van der Waals surface area contributed by atoms with E-state index in [-0.39, 0.29) is 5.91 Å². The van der Waals surface area contributed by atoms with Gasteiger partial charge in [0.25, 0.3) is 5.91 Å². The number of rotatable bonds is 4. The van der Waals surface area contributed by atoms with Gasteiger partial charge in [-0.1, -0.05) is 32.8 Å². The fourth-order valence-corrected chi connectivity index (χ4v) is 3.31. The molecule has 1 aliphatic rings. The van der Waals surface area contributed by atoms with Gasteiger partial charge in [-0.2, -0.15) is 0 Å². The van der Waals surface area contributed by atoms with Crippen molar-refractivity contribution in [3.8, 4) is 0 Å². The minimum atomic E-state index is 0.102. The average molecular weight is 339 g/mol. The number of benzene rings is 1. The topological polar surface area (TPSA) is 46.3 Å². The highest BCUT2D eigenvalue weighted by atomic mass is 79.9. The molecule has 1 aliphatic carbocycles. The zero-order valence-electron chi connectivity index (χ0n) is 12.2. The molecular weight excluding hydrogens is 316 g/mol. The molecule has 1 aromatic rings. The third-order valence-electron chi connectivity index (χ3n) is 3.85. The smallest absolute Gasteiger partial charge is 0.255 e. The van der Waals surface area contributed by atoms with Crippen LogP contribution in [0.25, 0.3) is 0 Å². The molecule has 0 spiro atoms. The van der Waals surface area contributed by atoms with Crippen LogP contribution in [0.5, 0.6) is 0 Å². The summed E-state index contributed by atoms with van der Waals surface area (Å²) in [6, 6.07) is 5.89. The average Bonchev–Trinajstić information content (AvgIpc) is 2.92. The maximum atomic E-state index is 12.9. The van der Waals surface area contributed by atoms with Crippen molar-refractivity contribution < 1.29 is 4.79 Å². The third-order valence-corrected chi connectivity index (χ3v) is 4.73. The van der Waals surface area contributed by atoms with E-state index in [0.29, 0.717) is 23.2 Å². The molecular formula is C16H23BrN2O. The van der Waals surface area contributed by atoms with Crippen LogP contribution in [-0.4, -0.2) is 23.4 Å². The van der Waals surface area contributed by atoms with Crippen molar-refractivity contribution in [1.29, 1.82) is 0 Å². The van der Waals surface area contributed by atoms with Crippen LogP contribution in [0.1, 0.15) is 49.9 Å². The second kappa shape index (κ2) is 6.61. The summed E-state index contributed by atoms with van der Waals surface area (Å²) in [5.41, 5.74) is 7.19.